The van der Waals surface area contributed by atoms with Crippen molar-refractivity contribution in [2.45, 2.75) is 18.4 Å². The van der Waals surface area contributed by atoms with E-state index in [1.165, 1.54) is 18.2 Å². The van der Waals surface area contributed by atoms with E-state index in [-0.39, 0.29) is 11.8 Å². The summed E-state index contributed by atoms with van der Waals surface area (Å²) in [4.78, 5) is 26.7. The molecule has 160 valence electrons. The first-order valence-corrected chi connectivity index (χ1v) is 10.7. The molecule has 0 aromatic heterocycles. The molecule has 2 N–H and O–H groups in total. The number of hydrogen-bond donors (Lipinski definition) is 2. The number of anilines is 1. The molecule has 5 rings (SSSR count). The molecule has 0 aliphatic carbocycles. The minimum Gasteiger partial charge on any atom is -0.344 e. The number of amides is 2. The van der Waals surface area contributed by atoms with E-state index in [2.05, 4.69) is 10.6 Å². The molecule has 3 aromatic rings. The fourth-order valence-corrected chi connectivity index (χ4v) is 5.12. The standard InChI is InChI=1S/C25H17Cl2FN2O2/c1-13-5-7-17(28)11-18(13)23-25(19-8-6-16(27)10-21(19)29-24(25)32)20(12-22(31)30-23)14-3-2-4-15(26)9-14/h2-12,23H,1H3,(H,29,32)(H,30,31)/t23-,25+/m0/s1. The van der Waals surface area contributed by atoms with Gasteiger partial charge in [-0.05, 0) is 71.1 Å². The molecule has 3 aromatic carbocycles. The highest BCUT2D eigenvalue weighted by molar-refractivity contribution is 6.32. The van der Waals surface area contributed by atoms with Crippen LogP contribution in [0.2, 0.25) is 10.0 Å². The van der Waals surface area contributed by atoms with Crippen LogP contribution in [0, 0.1) is 12.7 Å². The third kappa shape index (κ3) is 3.04. The van der Waals surface area contributed by atoms with Crippen LogP contribution in [-0.2, 0) is 15.0 Å². The Kier molecular flexibility index (Phi) is 4.84. The van der Waals surface area contributed by atoms with Gasteiger partial charge in [0.05, 0.1) is 6.04 Å². The second kappa shape index (κ2) is 7.47. The van der Waals surface area contributed by atoms with Crippen molar-refractivity contribution in [1.82, 2.24) is 5.32 Å². The summed E-state index contributed by atoms with van der Waals surface area (Å²) in [5.74, 6) is -1.17. The number of hydrogen-bond acceptors (Lipinski definition) is 2. The molecule has 2 atom stereocenters. The summed E-state index contributed by atoms with van der Waals surface area (Å²) in [5, 5.41) is 6.78. The Morgan fingerprint density at radius 1 is 0.969 bits per heavy atom. The lowest BCUT2D eigenvalue weighted by Gasteiger charge is -2.42. The number of nitrogens with one attached hydrogen (secondary N) is 2. The predicted octanol–water partition coefficient (Wildman–Crippen LogP) is 5.59. The summed E-state index contributed by atoms with van der Waals surface area (Å²) in [6.07, 6.45) is 1.42. The molecule has 0 radical (unpaired) electrons. The molecule has 7 heteroatoms. The zero-order valence-corrected chi connectivity index (χ0v) is 18.4. The average Bonchev–Trinajstić information content (AvgIpc) is 3.02. The zero-order valence-electron chi connectivity index (χ0n) is 16.9. The zero-order chi connectivity index (χ0) is 22.6. The maximum atomic E-state index is 14.3. The van der Waals surface area contributed by atoms with Gasteiger partial charge < -0.3 is 10.6 Å². The van der Waals surface area contributed by atoms with Gasteiger partial charge in [0.1, 0.15) is 11.2 Å². The fraction of sp³-hybridized carbons (Fsp3) is 0.120. The molecule has 32 heavy (non-hydrogen) atoms. The van der Waals surface area contributed by atoms with Gasteiger partial charge in [0.15, 0.2) is 0 Å². The highest BCUT2D eigenvalue weighted by Crippen LogP contribution is 2.56. The summed E-state index contributed by atoms with van der Waals surface area (Å²) in [5.41, 5.74) is 2.22. The Morgan fingerprint density at radius 3 is 2.53 bits per heavy atom. The fourth-order valence-electron chi connectivity index (χ4n) is 4.75. The Labute approximate surface area is 194 Å². The SMILES string of the molecule is Cc1ccc(F)cc1[C@@H]1NC(=O)C=C(c2cccc(Cl)c2)[C@@]12C(=O)Nc1cc(Cl)ccc12. The van der Waals surface area contributed by atoms with Crippen LogP contribution in [0.5, 0.6) is 0 Å². The molecule has 0 saturated carbocycles. The summed E-state index contributed by atoms with van der Waals surface area (Å²) >= 11 is 12.4. The van der Waals surface area contributed by atoms with Crippen molar-refractivity contribution in [3.05, 3.63) is 105 Å². The van der Waals surface area contributed by atoms with Gasteiger partial charge >= 0.3 is 0 Å². The van der Waals surface area contributed by atoms with Gasteiger partial charge in [-0.2, -0.15) is 0 Å². The van der Waals surface area contributed by atoms with Gasteiger partial charge in [-0.15, -0.1) is 0 Å². The van der Waals surface area contributed by atoms with Gasteiger partial charge in [0.2, 0.25) is 11.8 Å². The van der Waals surface area contributed by atoms with E-state index in [0.717, 1.165) is 5.56 Å². The Hall–Kier alpha value is -3.15. The van der Waals surface area contributed by atoms with E-state index < -0.39 is 17.3 Å². The third-order valence-corrected chi connectivity index (χ3v) is 6.59. The Bertz CT molecular complexity index is 1340. The maximum absolute atomic E-state index is 14.3. The van der Waals surface area contributed by atoms with Crippen LogP contribution in [0.25, 0.3) is 5.57 Å². The number of fused-ring (bicyclic) bond motifs is 2. The van der Waals surface area contributed by atoms with E-state index in [1.807, 2.05) is 6.92 Å². The predicted molar refractivity (Wildman–Crippen MR) is 123 cm³/mol. The number of aryl methyl sites for hydroxylation is 1. The molecular weight excluding hydrogens is 450 g/mol. The van der Waals surface area contributed by atoms with Crippen LogP contribution in [0.1, 0.15) is 28.3 Å². The topological polar surface area (TPSA) is 58.2 Å². The lowest BCUT2D eigenvalue weighted by atomic mass is 9.63. The van der Waals surface area contributed by atoms with Crippen LogP contribution in [0.4, 0.5) is 10.1 Å². The average molecular weight is 467 g/mol. The van der Waals surface area contributed by atoms with E-state index in [9.17, 15) is 14.0 Å². The van der Waals surface area contributed by atoms with Crippen molar-refractivity contribution in [1.29, 1.82) is 0 Å². The second-order valence-corrected chi connectivity index (χ2v) is 8.84. The lowest BCUT2D eigenvalue weighted by molar-refractivity contribution is -0.122. The monoisotopic (exact) mass is 466 g/mol. The largest absolute Gasteiger partial charge is 0.344 e. The van der Waals surface area contributed by atoms with Gasteiger partial charge in [0.25, 0.3) is 0 Å². The lowest BCUT2D eigenvalue weighted by Crippen LogP contribution is -2.52. The molecule has 2 amide bonds. The van der Waals surface area contributed by atoms with Gasteiger partial charge in [0, 0.05) is 21.8 Å². The van der Waals surface area contributed by atoms with Gasteiger partial charge in [-0.3, -0.25) is 9.59 Å². The van der Waals surface area contributed by atoms with Crippen molar-refractivity contribution >= 4 is 46.3 Å². The molecule has 0 unspecified atom stereocenters. The van der Waals surface area contributed by atoms with Crippen LogP contribution in [0.15, 0.2) is 66.7 Å². The summed E-state index contributed by atoms with van der Waals surface area (Å²) in [7, 11) is 0. The summed E-state index contributed by atoms with van der Waals surface area (Å²) in [6, 6.07) is 15.6. The van der Waals surface area contributed by atoms with Crippen LogP contribution >= 0.6 is 23.2 Å². The normalized spacial score (nSPS) is 21.8. The smallest absolute Gasteiger partial charge is 0.244 e. The molecule has 0 saturated heterocycles. The Morgan fingerprint density at radius 2 is 1.75 bits per heavy atom. The highest BCUT2D eigenvalue weighted by atomic mass is 35.5. The summed E-state index contributed by atoms with van der Waals surface area (Å²) in [6.45, 7) is 1.82. The first-order chi connectivity index (χ1) is 15.3. The molecule has 2 aliphatic rings. The molecule has 0 bridgehead atoms. The molecule has 0 fully saturated rings. The number of rotatable bonds is 2. The van der Waals surface area contributed by atoms with Crippen molar-refractivity contribution in [3.8, 4) is 0 Å². The van der Waals surface area contributed by atoms with E-state index >= 15 is 0 Å². The van der Waals surface area contributed by atoms with Gasteiger partial charge in [-0.25, -0.2) is 4.39 Å². The molecule has 2 aliphatic heterocycles. The summed E-state index contributed by atoms with van der Waals surface area (Å²) < 4.78 is 14.3. The highest BCUT2D eigenvalue weighted by Gasteiger charge is 2.58. The number of halogens is 3. The molecule has 4 nitrogen and oxygen atoms in total. The third-order valence-electron chi connectivity index (χ3n) is 6.12. The second-order valence-electron chi connectivity index (χ2n) is 7.96. The first kappa shape index (κ1) is 20.7. The van der Waals surface area contributed by atoms with Crippen LogP contribution < -0.4 is 10.6 Å². The minimum absolute atomic E-state index is 0.338. The van der Waals surface area contributed by atoms with Crippen molar-refractivity contribution in [3.63, 3.8) is 0 Å². The first-order valence-electron chi connectivity index (χ1n) is 9.97. The van der Waals surface area contributed by atoms with Crippen molar-refractivity contribution < 1.29 is 14.0 Å². The van der Waals surface area contributed by atoms with E-state index in [0.29, 0.717) is 38.0 Å². The van der Waals surface area contributed by atoms with E-state index in [1.54, 1.807) is 48.5 Å². The molecule has 1 spiro atoms. The number of carbonyl (C=O) groups excluding carboxylic acids is 2. The van der Waals surface area contributed by atoms with Crippen molar-refractivity contribution in [2.24, 2.45) is 0 Å². The van der Waals surface area contributed by atoms with E-state index in [4.69, 9.17) is 23.2 Å². The quantitative estimate of drug-likeness (QED) is 0.517. The van der Waals surface area contributed by atoms with Crippen LogP contribution in [-0.4, -0.2) is 11.8 Å². The van der Waals surface area contributed by atoms with Gasteiger partial charge in [-0.1, -0.05) is 47.5 Å². The number of carbonyl (C=O) groups is 2. The van der Waals surface area contributed by atoms with Crippen molar-refractivity contribution in [2.75, 3.05) is 5.32 Å². The number of benzene rings is 3. The van der Waals surface area contributed by atoms with Crippen LogP contribution in [0.3, 0.4) is 0 Å². The molecule has 2 heterocycles. The maximum Gasteiger partial charge on any atom is 0.244 e. The molecular formula is C25H17Cl2FN2O2. The minimum atomic E-state index is -1.35. The Balaban J connectivity index is 1.87.